The summed E-state index contributed by atoms with van der Waals surface area (Å²) in [5.74, 6) is -0.343. The molecule has 0 radical (unpaired) electrons. The Hall–Kier alpha value is -1.99. The number of hydrogen-bond acceptors (Lipinski definition) is 5. The molecule has 0 amide bonds. The number of hydrogen-bond donors (Lipinski definition) is 1. The van der Waals surface area contributed by atoms with E-state index in [2.05, 4.69) is 28.4 Å². The molecule has 4 heterocycles. The molecule has 2 aromatic rings. The fourth-order valence-corrected chi connectivity index (χ4v) is 5.57. The SMILES string of the molecule is Fc1ccc2c(c1)C1OC(CN3CCC4(CC3)OCCO4)CC1c1ccccc1N2. The molecule has 1 spiro atoms. The minimum atomic E-state index is -0.347. The van der Waals surface area contributed by atoms with E-state index in [-0.39, 0.29) is 29.7 Å². The van der Waals surface area contributed by atoms with Crippen molar-refractivity contribution in [2.75, 3.05) is 38.2 Å². The second-order valence-electron chi connectivity index (χ2n) is 8.87. The molecule has 30 heavy (non-hydrogen) atoms. The Labute approximate surface area is 176 Å². The van der Waals surface area contributed by atoms with Crippen LogP contribution in [0.2, 0.25) is 0 Å². The fourth-order valence-electron chi connectivity index (χ4n) is 5.57. The van der Waals surface area contributed by atoms with Crippen LogP contribution < -0.4 is 5.32 Å². The lowest BCUT2D eigenvalue weighted by molar-refractivity contribution is -0.186. The Bertz CT molecular complexity index is 936. The van der Waals surface area contributed by atoms with Crippen molar-refractivity contribution in [3.8, 4) is 0 Å². The molecule has 0 aliphatic carbocycles. The maximum absolute atomic E-state index is 14.1. The van der Waals surface area contributed by atoms with Crippen LogP contribution in [0.1, 0.15) is 42.4 Å². The first-order valence-corrected chi connectivity index (χ1v) is 11.0. The monoisotopic (exact) mass is 410 g/mol. The first-order valence-electron chi connectivity index (χ1n) is 11.0. The lowest BCUT2D eigenvalue weighted by atomic mass is 9.87. The molecule has 4 aliphatic rings. The second-order valence-corrected chi connectivity index (χ2v) is 8.87. The Kier molecular flexibility index (Phi) is 4.57. The van der Waals surface area contributed by atoms with Gasteiger partial charge < -0.3 is 24.4 Å². The van der Waals surface area contributed by atoms with Crippen LogP contribution in [0.5, 0.6) is 0 Å². The van der Waals surface area contributed by atoms with Crippen molar-refractivity contribution in [1.29, 1.82) is 0 Å². The van der Waals surface area contributed by atoms with Gasteiger partial charge in [0, 0.05) is 55.3 Å². The van der Waals surface area contributed by atoms with Crippen LogP contribution >= 0.6 is 0 Å². The Morgan fingerprint density at radius 3 is 2.60 bits per heavy atom. The van der Waals surface area contributed by atoms with Crippen molar-refractivity contribution < 1.29 is 18.6 Å². The highest BCUT2D eigenvalue weighted by Crippen LogP contribution is 2.51. The topological polar surface area (TPSA) is 43.0 Å². The van der Waals surface area contributed by atoms with Gasteiger partial charge in [-0.15, -0.1) is 0 Å². The predicted molar refractivity (Wildman–Crippen MR) is 111 cm³/mol. The third-order valence-corrected chi connectivity index (χ3v) is 7.06. The van der Waals surface area contributed by atoms with Crippen LogP contribution in [0.3, 0.4) is 0 Å². The van der Waals surface area contributed by atoms with Crippen molar-refractivity contribution in [3.05, 3.63) is 59.4 Å². The lowest BCUT2D eigenvalue weighted by Gasteiger charge is -2.38. The number of benzene rings is 2. The summed E-state index contributed by atoms with van der Waals surface area (Å²) in [6.45, 7) is 4.22. The fraction of sp³-hybridized carbons (Fsp3) is 0.500. The van der Waals surface area contributed by atoms with Crippen molar-refractivity contribution in [2.24, 2.45) is 0 Å². The van der Waals surface area contributed by atoms with E-state index < -0.39 is 0 Å². The predicted octanol–water partition coefficient (Wildman–Crippen LogP) is 4.34. The van der Waals surface area contributed by atoms with Crippen LogP contribution in [0.15, 0.2) is 42.5 Å². The summed E-state index contributed by atoms with van der Waals surface area (Å²) >= 11 is 0. The Balaban J connectivity index is 1.23. The van der Waals surface area contributed by atoms with E-state index >= 15 is 0 Å². The summed E-state index contributed by atoms with van der Waals surface area (Å²) < 4.78 is 32.4. The normalized spacial score (nSPS) is 29.7. The summed E-state index contributed by atoms with van der Waals surface area (Å²) in [7, 11) is 0. The molecular weight excluding hydrogens is 383 g/mol. The van der Waals surface area contributed by atoms with Crippen molar-refractivity contribution in [2.45, 2.75) is 43.2 Å². The molecule has 158 valence electrons. The number of rotatable bonds is 2. The van der Waals surface area contributed by atoms with Gasteiger partial charge >= 0.3 is 0 Å². The van der Waals surface area contributed by atoms with E-state index in [1.165, 1.54) is 11.6 Å². The largest absolute Gasteiger partial charge is 0.368 e. The van der Waals surface area contributed by atoms with Gasteiger partial charge in [-0.3, -0.25) is 0 Å². The number of anilines is 2. The molecule has 5 nitrogen and oxygen atoms in total. The third-order valence-electron chi connectivity index (χ3n) is 7.06. The molecule has 0 aromatic heterocycles. The molecule has 6 rings (SSSR count). The van der Waals surface area contributed by atoms with Crippen LogP contribution in [-0.4, -0.2) is 49.6 Å². The maximum atomic E-state index is 14.1. The average molecular weight is 410 g/mol. The summed E-state index contributed by atoms with van der Waals surface area (Å²) in [4.78, 5) is 2.46. The molecule has 3 saturated heterocycles. The molecule has 4 aliphatic heterocycles. The number of likely N-dealkylation sites (tertiary alicyclic amines) is 1. The Morgan fingerprint density at radius 2 is 1.77 bits per heavy atom. The maximum Gasteiger partial charge on any atom is 0.170 e. The third kappa shape index (κ3) is 3.23. The number of piperidine rings is 1. The summed E-state index contributed by atoms with van der Waals surface area (Å²) in [6, 6.07) is 13.4. The van der Waals surface area contributed by atoms with Crippen LogP contribution in [0.25, 0.3) is 0 Å². The van der Waals surface area contributed by atoms with E-state index in [4.69, 9.17) is 14.2 Å². The first-order chi connectivity index (χ1) is 14.7. The van der Waals surface area contributed by atoms with Gasteiger partial charge in [-0.2, -0.15) is 0 Å². The molecule has 2 aromatic carbocycles. The van der Waals surface area contributed by atoms with E-state index in [0.29, 0.717) is 13.2 Å². The van der Waals surface area contributed by atoms with E-state index in [0.717, 1.165) is 55.8 Å². The van der Waals surface area contributed by atoms with E-state index in [1.807, 2.05) is 12.1 Å². The number of nitrogens with zero attached hydrogens (tertiary/aromatic N) is 1. The van der Waals surface area contributed by atoms with Crippen LogP contribution in [-0.2, 0) is 14.2 Å². The molecule has 3 fully saturated rings. The van der Waals surface area contributed by atoms with Crippen molar-refractivity contribution in [3.63, 3.8) is 0 Å². The molecule has 6 heteroatoms. The number of halogens is 1. The van der Waals surface area contributed by atoms with E-state index in [9.17, 15) is 4.39 Å². The molecule has 3 atom stereocenters. The zero-order chi connectivity index (χ0) is 20.1. The van der Waals surface area contributed by atoms with Gasteiger partial charge in [0.1, 0.15) is 5.82 Å². The molecule has 0 saturated carbocycles. The zero-order valence-corrected chi connectivity index (χ0v) is 17.0. The summed E-state index contributed by atoms with van der Waals surface area (Å²) in [6.07, 6.45) is 2.76. The molecule has 3 unspecified atom stereocenters. The minimum absolute atomic E-state index is 0.127. The highest BCUT2D eigenvalue weighted by atomic mass is 19.1. The first kappa shape index (κ1) is 18.8. The average Bonchev–Trinajstić information content (AvgIpc) is 3.36. The van der Waals surface area contributed by atoms with Gasteiger partial charge in [-0.1, -0.05) is 18.2 Å². The standard InChI is InChI=1S/C24H27FN2O3/c25-16-5-6-22-20(13-16)23-19(18-3-1-2-4-21(18)26-22)14-17(30-23)15-27-9-7-24(8-10-27)28-11-12-29-24/h1-6,13,17,19,23,26H,7-12,14-15H2. The lowest BCUT2D eigenvalue weighted by Crippen LogP contribution is -2.47. The minimum Gasteiger partial charge on any atom is -0.368 e. The van der Waals surface area contributed by atoms with Crippen LogP contribution in [0.4, 0.5) is 15.8 Å². The number of fused-ring (bicyclic) bond motifs is 5. The highest BCUT2D eigenvalue weighted by molar-refractivity contribution is 5.70. The summed E-state index contributed by atoms with van der Waals surface area (Å²) in [5, 5.41) is 3.50. The number of para-hydroxylation sites is 1. The smallest absolute Gasteiger partial charge is 0.170 e. The van der Waals surface area contributed by atoms with Gasteiger partial charge in [0.25, 0.3) is 0 Å². The van der Waals surface area contributed by atoms with Crippen molar-refractivity contribution >= 4 is 11.4 Å². The number of ether oxygens (including phenoxy) is 3. The van der Waals surface area contributed by atoms with Gasteiger partial charge in [-0.05, 0) is 36.2 Å². The van der Waals surface area contributed by atoms with Gasteiger partial charge in [0.05, 0.1) is 25.4 Å². The second kappa shape index (κ2) is 7.31. The number of nitrogens with one attached hydrogen (secondary N) is 1. The Morgan fingerprint density at radius 1 is 1.00 bits per heavy atom. The molecule has 0 bridgehead atoms. The zero-order valence-electron chi connectivity index (χ0n) is 17.0. The molecular formula is C24H27FN2O3. The molecule has 1 N–H and O–H groups in total. The van der Waals surface area contributed by atoms with E-state index in [1.54, 1.807) is 6.07 Å². The highest BCUT2D eigenvalue weighted by Gasteiger charge is 2.44. The van der Waals surface area contributed by atoms with Gasteiger partial charge in [0.15, 0.2) is 5.79 Å². The van der Waals surface area contributed by atoms with Crippen molar-refractivity contribution in [1.82, 2.24) is 4.90 Å². The van der Waals surface area contributed by atoms with Gasteiger partial charge in [0.2, 0.25) is 0 Å². The van der Waals surface area contributed by atoms with Crippen LogP contribution in [0, 0.1) is 5.82 Å². The van der Waals surface area contributed by atoms with Gasteiger partial charge in [-0.25, -0.2) is 4.39 Å². The summed E-state index contributed by atoms with van der Waals surface area (Å²) in [5.41, 5.74) is 4.21. The quantitative estimate of drug-likeness (QED) is 0.798.